The smallest absolute Gasteiger partial charge is 0.361 e. The standard InChI is InChI=1S/C18H25N3O3/c1-5-7-8-9-24-14-10-12(3)15(13(4)11-14)16-17(20-21-19-16)18(22)23-6-2/h10-11H,5-9H2,1-4H3,(H,19,20,21). The maximum Gasteiger partial charge on any atom is 0.361 e. The quantitative estimate of drug-likeness (QED) is 0.587. The van der Waals surface area contributed by atoms with Gasteiger partial charge in [0.15, 0.2) is 5.69 Å². The van der Waals surface area contributed by atoms with Crippen LogP contribution in [0.2, 0.25) is 0 Å². The molecule has 0 fully saturated rings. The van der Waals surface area contributed by atoms with Crippen LogP contribution in [0.4, 0.5) is 0 Å². The second-order valence-corrected chi connectivity index (χ2v) is 5.73. The first-order valence-corrected chi connectivity index (χ1v) is 8.40. The molecule has 0 unspecified atom stereocenters. The lowest BCUT2D eigenvalue weighted by Gasteiger charge is -2.13. The number of rotatable bonds is 8. The van der Waals surface area contributed by atoms with Crippen LogP contribution in [-0.4, -0.2) is 34.6 Å². The van der Waals surface area contributed by atoms with E-state index in [-0.39, 0.29) is 5.69 Å². The van der Waals surface area contributed by atoms with Crippen LogP contribution in [0.15, 0.2) is 12.1 Å². The maximum absolute atomic E-state index is 12.0. The number of aromatic nitrogens is 3. The molecule has 0 aliphatic heterocycles. The van der Waals surface area contributed by atoms with Gasteiger partial charge in [-0.1, -0.05) is 19.8 Å². The number of unbranched alkanes of at least 4 members (excludes halogenated alkanes) is 2. The Morgan fingerprint density at radius 2 is 1.83 bits per heavy atom. The number of esters is 1. The van der Waals surface area contributed by atoms with Crippen LogP contribution in [-0.2, 0) is 4.74 Å². The second-order valence-electron chi connectivity index (χ2n) is 5.73. The van der Waals surface area contributed by atoms with E-state index in [0.717, 1.165) is 35.3 Å². The monoisotopic (exact) mass is 331 g/mol. The third-order valence-corrected chi connectivity index (χ3v) is 3.78. The van der Waals surface area contributed by atoms with Gasteiger partial charge in [0.1, 0.15) is 11.4 Å². The van der Waals surface area contributed by atoms with Crippen LogP contribution < -0.4 is 4.74 Å². The Balaban J connectivity index is 2.26. The lowest BCUT2D eigenvalue weighted by Crippen LogP contribution is -2.07. The average Bonchev–Trinajstić information content (AvgIpc) is 3.00. The van der Waals surface area contributed by atoms with E-state index < -0.39 is 5.97 Å². The topological polar surface area (TPSA) is 77.1 Å². The van der Waals surface area contributed by atoms with Crippen molar-refractivity contribution in [1.29, 1.82) is 0 Å². The molecule has 24 heavy (non-hydrogen) atoms. The zero-order valence-corrected chi connectivity index (χ0v) is 14.8. The molecule has 1 N–H and O–H groups in total. The Labute approximate surface area is 142 Å². The van der Waals surface area contributed by atoms with E-state index in [2.05, 4.69) is 22.3 Å². The fourth-order valence-corrected chi connectivity index (χ4v) is 2.67. The summed E-state index contributed by atoms with van der Waals surface area (Å²) in [6, 6.07) is 3.94. The zero-order chi connectivity index (χ0) is 17.5. The van der Waals surface area contributed by atoms with Crippen LogP contribution in [0.1, 0.15) is 54.7 Å². The van der Waals surface area contributed by atoms with Gasteiger partial charge in [-0.25, -0.2) is 4.79 Å². The van der Waals surface area contributed by atoms with Crippen LogP contribution in [0, 0.1) is 13.8 Å². The third-order valence-electron chi connectivity index (χ3n) is 3.78. The van der Waals surface area contributed by atoms with Gasteiger partial charge in [-0.2, -0.15) is 10.3 Å². The van der Waals surface area contributed by atoms with Gasteiger partial charge >= 0.3 is 5.97 Å². The van der Waals surface area contributed by atoms with Gasteiger partial charge < -0.3 is 9.47 Å². The largest absolute Gasteiger partial charge is 0.494 e. The Hall–Kier alpha value is -2.37. The Morgan fingerprint density at radius 3 is 2.46 bits per heavy atom. The van der Waals surface area contributed by atoms with Crippen molar-refractivity contribution in [3.8, 4) is 17.0 Å². The molecule has 0 radical (unpaired) electrons. The van der Waals surface area contributed by atoms with E-state index in [1.54, 1.807) is 6.92 Å². The van der Waals surface area contributed by atoms with Crippen molar-refractivity contribution < 1.29 is 14.3 Å². The maximum atomic E-state index is 12.0. The summed E-state index contributed by atoms with van der Waals surface area (Å²) in [5.41, 5.74) is 3.58. The fourth-order valence-electron chi connectivity index (χ4n) is 2.67. The van der Waals surface area contributed by atoms with Crippen molar-refractivity contribution in [3.63, 3.8) is 0 Å². The number of carbonyl (C=O) groups excluding carboxylic acids is 1. The number of hydrogen-bond acceptors (Lipinski definition) is 5. The lowest BCUT2D eigenvalue weighted by molar-refractivity contribution is 0.0520. The first-order chi connectivity index (χ1) is 11.6. The number of aromatic amines is 1. The Morgan fingerprint density at radius 1 is 1.12 bits per heavy atom. The molecule has 1 aromatic heterocycles. The summed E-state index contributed by atoms with van der Waals surface area (Å²) in [5.74, 6) is 0.367. The predicted molar refractivity (Wildman–Crippen MR) is 92.3 cm³/mol. The van der Waals surface area contributed by atoms with Gasteiger partial charge in [-0.05, 0) is 50.5 Å². The van der Waals surface area contributed by atoms with Gasteiger partial charge in [0.25, 0.3) is 0 Å². The molecule has 0 spiro atoms. The van der Waals surface area contributed by atoms with Gasteiger partial charge in [-0.3, -0.25) is 0 Å². The summed E-state index contributed by atoms with van der Waals surface area (Å²) < 4.78 is 10.9. The SMILES string of the molecule is CCCCCOc1cc(C)c(-c2n[nH]nc2C(=O)OCC)c(C)c1. The fraction of sp³-hybridized carbons (Fsp3) is 0.500. The molecule has 0 aliphatic carbocycles. The Kier molecular flexibility index (Phi) is 6.35. The summed E-state index contributed by atoms with van der Waals surface area (Å²) in [5, 5.41) is 10.6. The van der Waals surface area contributed by atoms with Crippen molar-refractivity contribution in [2.45, 2.75) is 47.0 Å². The molecule has 130 valence electrons. The molecule has 0 saturated heterocycles. The molecule has 6 nitrogen and oxygen atoms in total. The van der Waals surface area contributed by atoms with Crippen LogP contribution in [0.3, 0.4) is 0 Å². The van der Waals surface area contributed by atoms with Crippen LogP contribution in [0.25, 0.3) is 11.3 Å². The number of nitrogens with zero attached hydrogens (tertiary/aromatic N) is 2. The minimum Gasteiger partial charge on any atom is -0.494 e. The molecule has 0 bridgehead atoms. The van der Waals surface area contributed by atoms with Crippen molar-refractivity contribution in [2.75, 3.05) is 13.2 Å². The molecule has 1 heterocycles. The molecule has 0 atom stereocenters. The molecular formula is C18H25N3O3. The molecular weight excluding hydrogens is 306 g/mol. The molecule has 2 aromatic rings. The highest BCUT2D eigenvalue weighted by atomic mass is 16.5. The number of hydrogen-bond donors (Lipinski definition) is 1. The van der Waals surface area contributed by atoms with Crippen molar-refractivity contribution in [3.05, 3.63) is 29.0 Å². The summed E-state index contributed by atoms with van der Waals surface area (Å²) in [6.45, 7) is 8.90. The van der Waals surface area contributed by atoms with Crippen molar-refractivity contribution >= 4 is 5.97 Å². The van der Waals surface area contributed by atoms with E-state index in [1.165, 1.54) is 6.42 Å². The second kappa shape index (κ2) is 8.47. The van der Waals surface area contributed by atoms with E-state index >= 15 is 0 Å². The van der Waals surface area contributed by atoms with E-state index in [1.807, 2.05) is 26.0 Å². The summed E-state index contributed by atoms with van der Waals surface area (Å²) in [4.78, 5) is 12.0. The number of carbonyl (C=O) groups is 1. The molecule has 0 amide bonds. The number of aryl methyl sites for hydroxylation is 2. The summed E-state index contributed by atoms with van der Waals surface area (Å²) >= 11 is 0. The first-order valence-electron chi connectivity index (χ1n) is 8.40. The minimum absolute atomic E-state index is 0.208. The predicted octanol–water partition coefficient (Wildman–Crippen LogP) is 3.83. The number of H-pyrrole nitrogens is 1. The lowest BCUT2D eigenvalue weighted by atomic mass is 9.98. The van der Waals surface area contributed by atoms with E-state index in [0.29, 0.717) is 18.9 Å². The van der Waals surface area contributed by atoms with Gasteiger partial charge in [-0.15, -0.1) is 5.10 Å². The van der Waals surface area contributed by atoms with E-state index in [9.17, 15) is 4.79 Å². The zero-order valence-electron chi connectivity index (χ0n) is 14.8. The van der Waals surface area contributed by atoms with E-state index in [4.69, 9.17) is 9.47 Å². The van der Waals surface area contributed by atoms with Crippen molar-refractivity contribution in [2.24, 2.45) is 0 Å². The third kappa shape index (κ3) is 4.13. The number of ether oxygens (including phenoxy) is 2. The number of benzene rings is 1. The molecule has 2 rings (SSSR count). The summed E-state index contributed by atoms with van der Waals surface area (Å²) in [7, 11) is 0. The van der Waals surface area contributed by atoms with Crippen molar-refractivity contribution in [1.82, 2.24) is 15.4 Å². The number of nitrogens with one attached hydrogen (secondary N) is 1. The normalized spacial score (nSPS) is 10.7. The average molecular weight is 331 g/mol. The van der Waals surface area contributed by atoms with Crippen LogP contribution in [0.5, 0.6) is 5.75 Å². The molecule has 0 saturated carbocycles. The highest BCUT2D eigenvalue weighted by Crippen LogP contribution is 2.31. The summed E-state index contributed by atoms with van der Waals surface area (Å²) in [6.07, 6.45) is 3.38. The highest BCUT2D eigenvalue weighted by molar-refractivity contribution is 5.94. The first kappa shape index (κ1) is 18.0. The minimum atomic E-state index is -0.472. The highest BCUT2D eigenvalue weighted by Gasteiger charge is 2.22. The van der Waals surface area contributed by atoms with Gasteiger partial charge in [0, 0.05) is 5.56 Å². The Bertz CT molecular complexity index is 672. The molecule has 1 aromatic carbocycles. The van der Waals surface area contributed by atoms with Gasteiger partial charge in [0.2, 0.25) is 0 Å². The van der Waals surface area contributed by atoms with Gasteiger partial charge in [0.05, 0.1) is 13.2 Å². The molecule has 0 aliphatic rings. The van der Waals surface area contributed by atoms with Crippen LogP contribution >= 0.6 is 0 Å². The molecule has 6 heteroatoms.